The minimum Gasteiger partial charge on any atom is -0.461 e. The Bertz CT molecular complexity index is 2010. The summed E-state index contributed by atoms with van der Waals surface area (Å²) in [6.45, 7) is 6.90. The highest BCUT2D eigenvalue weighted by atomic mass is 19.3. The number of hydrogen-bond acceptors (Lipinski definition) is 10. The van der Waals surface area contributed by atoms with Crippen molar-refractivity contribution in [2.45, 2.75) is 56.8 Å². The fourth-order valence-corrected chi connectivity index (χ4v) is 8.26. The predicted molar refractivity (Wildman–Crippen MR) is 202 cm³/mol. The monoisotopic (exact) mass is 736 g/mol. The van der Waals surface area contributed by atoms with Crippen molar-refractivity contribution in [3.8, 4) is 12.1 Å². The van der Waals surface area contributed by atoms with Crippen LogP contribution in [0.15, 0.2) is 66.7 Å². The van der Waals surface area contributed by atoms with Crippen LogP contribution in [0.4, 0.5) is 25.1 Å². The Morgan fingerprint density at radius 1 is 0.944 bits per heavy atom. The Morgan fingerprint density at radius 3 is 2.46 bits per heavy atom. The van der Waals surface area contributed by atoms with Crippen LogP contribution in [0.3, 0.4) is 0 Å². The van der Waals surface area contributed by atoms with Crippen LogP contribution >= 0.6 is 0 Å². The molecule has 3 aromatic carbocycles. The second kappa shape index (κ2) is 15.4. The molecule has 4 aromatic rings. The van der Waals surface area contributed by atoms with Gasteiger partial charge in [-0.15, -0.1) is 0 Å². The molecule has 8 rings (SSSR count). The minimum absolute atomic E-state index is 0.0173. The van der Waals surface area contributed by atoms with E-state index in [2.05, 4.69) is 32.7 Å². The normalized spacial score (nSPS) is 20.1. The van der Waals surface area contributed by atoms with E-state index in [1.54, 1.807) is 11.0 Å². The van der Waals surface area contributed by atoms with Gasteiger partial charge in [-0.1, -0.05) is 60.7 Å². The molecule has 0 radical (unpaired) electrons. The molecule has 1 aliphatic carbocycles. The number of nitrogens with zero attached hydrogens (tertiary/aromatic N) is 8. The number of likely N-dealkylation sites (N-methyl/N-ethyl adjacent to an activating group) is 1. The molecule has 13 heteroatoms. The number of anilines is 2. The van der Waals surface area contributed by atoms with Crippen LogP contribution in [0.1, 0.15) is 48.1 Å². The third-order valence-electron chi connectivity index (χ3n) is 11.5. The van der Waals surface area contributed by atoms with Gasteiger partial charge in [-0.05, 0) is 43.3 Å². The van der Waals surface area contributed by atoms with Gasteiger partial charge in [0.05, 0.1) is 36.3 Å². The van der Waals surface area contributed by atoms with Crippen molar-refractivity contribution >= 4 is 28.4 Å². The van der Waals surface area contributed by atoms with Gasteiger partial charge >= 0.3 is 12.1 Å². The van der Waals surface area contributed by atoms with E-state index in [9.17, 15) is 18.8 Å². The second-order valence-corrected chi connectivity index (χ2v) is 14.9. The Balaban J connectivity index is 1.08. The molecule has 54 heavy (non-hydrogen) atoms. The SMILES string of the molecule is CN1CCN(C2(COc3nc4c(c(N5CCN(C(=O)OCc6ccccc6)[C@@H](CC#N)C5)n3)CCN(c3cccc5cccc(C(F)F)c35)C4)CC2)CC1. The minimum atomic E-state index is -2.61. The molecule has 4 aliphatic rings. The molecular weight excluding hydrogens is 691 g/mol. The largest absolute Gasteiger partial charge is 0.461 e. The van der Waals surface area contributed by atoms with Crippen molar-refractivity contribution in [1.29, 1.82) is 5.26 Å². The molecule has 4 heterocycles. The highest BCUT2D eigenvalue weighted by Gasteiger charge is 2.49. The topological polar surface area (TPSA) is 101 Å². The number of rotatable bonds is 10. The van der Waals surface area contributed by atoms with Crippen LogP contribution in [0.5, 0.6) is 6.01 Å². The lowest BCUT2D eigenvalue weighted by Gasteiger charge is -2.42. The van der Waals surface area contributed by atoms with E-state index >= 15 is 0 Å². The maximum Gasteiger partial charge on any atom is 0.410 e. The van der Waals surface area contributed by atoms with E-state index in [0.29, 0.717) is 57.1 Å². The highest BCUT2D eigenvalue weighted by molar-refractivity contribution is 5.97. The summed E-state index contributed by atoms with van der Waals surface area (Å²) in [5, 5.41) is 11.1. The first-order chi connectivity index (χ1) is 26.3. The third kappa shape index (κ3) is 7.37. The van der Waals surface area contributed by atoms with Crippen molar-refractivity contribution in [2.75, 3.05) is 75.8 Å². The summed E-state index contributed by atoms with van der Waals surface area (Å²) < 4.78 is 40.8. The Kier molecular flexibility index (Phi) is 10.2. The molecule has 282 valence electrons. The standard InChI is InChI=1S/C41H46F2N8O3/c1-47-19-22-50(23-20-47)41(15-16-41)28-54-39-45-34-26-48(35-12-6-10-30-9-5-11-33(36(30)35)37(42)43)18-14-32(34)38(46-39)49-21-24-51(31(25-49)13-17-44)40(52)53-27-29-7-3-2-4-8-29/h2-12,31,37H,13-16,18-28H2,1H3/t31-/m0/s1. The molecule has 1 atom stereocenters. The average Bonchev–Trinajstić information content (AvgIpc) is 4.00. The molecule has 0 spiro atoms. The number of alkyl halides is 2. The average molecular weight is 737 g/mol. The first-order valence-electron chi connectivity index (χ1n) is 18.9. The van der Waals surface area contributed by atoms with E-state index in [0.717, 1.165) is 72.7 Å². The Labute approximate surface area is 314 Å². The molecule has 0 bridgehead atoms. The summed E-state index contributed by atoms with van der Waals surface area (Å²) in [6.07, 6.45) is -0.192. The molecule has 1 aromatic heterocycles. The van der Waals surface area contributed by atoms with Gasteiger partial charge in [-0.2, -0.15) is 15.2 Å². The van der Waals surface area contributed by atoms with Gasteiger partial charge in [0.1, 0.15) is 19.0 Å². The van der Waals surface area contributed by atoms with Gasteiger partial charge < -0.3 is 29.1 Å². The van der Waals surface area contributed by atoms with Crippen LogP contribution < -0.4 is 14.5 Å². The summed E-state index contributed by atoms with van der Waals surface area (Å²) in [5.74, 6) is 0.741. The number of halogens is 2. The lowest BCUT2D eigenvalue weighted by Crippen LogP contribution is -2.56. The summed E-state index contributed by atoms with van der Waals surface area (Å²) in [4.78, 5) is 34.2. The fraction of sp³-hybridized carbons (Fsp3) is 0.463. The molecule has 3 aliphatic heterocycles. The van der Waals surface area contributed by atoms with Crippen molar-refractivity contribution in [2.24, 2.45) is 0 Å². The first kappa shape index (κ1) is 35.9. The number of benzene rings is 3. The quantitative estimate of drug-likeness (QED) is 0.192. The van der Waals surface area contributed by atoms with Gasteiger partial charge in [0.25, 0.3) is 6.43 Å². The van der Waals surface area contributed by atoms with Crippen molar-refractivity contribution in [3.05, 3.63) is 89.1 Å². The number of carbonyl (C=O) groups excluding carboxylic acids is 1. The van der Waals surface area contributed by atoms with E-state index in [1.165, 1.54) is 6.07 Å². The van der Waals surface area contributed by atoms with Crippen LogP contribution in [0, 0.1) is 11.3 Å². The number of fused-ring (bicyclic) bond motifs is 2. The fourth-order valence-electron chi connectivity index (χ4n) is 8.26. The number of hydrogen-bond donors (Lipinski definition) is 0. The van der Waals surface area contributed by atoms with Gasteiger partial charge in [0, 0.05) is 74.6 Å². The summed E-state index contributed by atoms with van der Waals surface area (Å²) >= 11 is 0. The molecule has 0 N–H and O–H groups in total. The second-order valence-electron chi connectivity index (χ2n) is 14.9. The lowest BCUT2D eigenvalue weighted by molar-refractivity contribution is 0.0649. The van der Waals surface area contributed by atoms with Crippen LogP contribution in [0.25, 0.3) is 10.8 Å². The predicted octanol–water partition coefficient (Wildman–Crippen LogP) is 6.03. The smallest absolute Gasteiger partial charge is 0.410 e. The number of aromatic nitrogens is 2. The molecule has 11 nitrogen and oxygen atoms in total. The zero-order valence-electron chi connectivity index (χ0n) is 30.7. The van der Waals surface area contributed by atoms with E-state index in [1.807, 2.05) is 54.6 Å². The molecule has 1 saturated carbocycles. The van der Waals surface area contributed by atoms with Crippen molar-refractivity contribution in [3.63, 3.8) is 0 Å². The van der Waals surface area contributed by atoms with Crippen LogP contribution in [-0.2, 0) is 24.3 Å². The number of carbonyl (C=O) groups is 1. The summed E-state index contributed by atoms with van der Waals surface area (Å²) in [6, 6.07) is 22.4. The molecule has 3 fully saturated rings. The molecule has 0 unspecified atom stereocenters. The number of ether oxygens (including phenoxy) is 2. The number of nitriles is 1. The molecule has 2 saturated heterocycles. The summed E-state index contributed by atoms with van der Waals surface area (Å²) in [7, 11) is 2.15. The maximum absolute atomic E-state index is 14.3. The molecular formula is C41H46F2N8O3. The Morgan fingerprint density at radius 2 is 1.72 bits per heavy atom. The van der Waals surface area contributed by atoms with Gasteiger partial charge in [0.15, 0.2) is 0 Å². The van der Waals surface area contributed by atoms with E-state index in [4.69, 9.17) is 19.4 Å². The van der Waals surface area contributed by atoms with Crippen LogP contribution in [0.2, 0.25) is 0 Å². The van der Waals surface area contributed by atoms with Crippen molar-refractivity contribution in [1.82, 2.24) is 24.7 Å². The Hall–Kier alpha value is -5.06. The van der Waals surface area contributed by atoms with E-state index < -0.39 is 18.6 Å². The van der Waals surface area contributed by atoms with E-state index in [-0.39, 0.29) is 24.1 Å². The van der Waals surface area contributed by atoms with Gasteiger partial charge in [-0.25, -0.2) is 13.6 Å². The van der Waals surface area contributed by atoms with Crippen LogP contribution in [-0.4, -0.2) is 108 Å². The zero-order chi connectivity index (χ0) is 37.2. The molecule has 1 amide bonds. The lowest BCUT2D eigenvalue weighted by atomic mass is 9.99. The summed E-state index contributed by atoms with van der Waals surface area (Å²) in [5.41, 5.74) is 3.40. The van der Waals surface area contributed by atoms with Gasteiger partial charge in [0.2, 0.25) is 0 Å². The zero-order valence-corrected chi connectivity index (χ0v) is 30.7. The number of piperazine rings is 2. The van der Waals surface area contributed by atoms with Gasteiger partial charge in [-0.3, -0.25) is 4.90 Å². The van der Waals surface area contributed by atoms with Crippen molar-refractivity contribution < 1.29 is 23.0 Å². The number of amides is 1. The first-order valence-corrected chi connectivity index (χ1v) is 18.9. The highest BCUT2D eigenvalue weighted by Crippen LogP contribution is 2.43. The maximum atomic E-state index is 14.3. The third-order valence-corrected chi connectivity index (χ3v) is 11.5.